The summed E-state index contributed by atoms with van der Waals surface area (Å²) in [4.78, 5) is 2.44. The van der Waals surface area contributed by atoms with Crippen LogP contribution in [0, 0.1) is 0 Å². The van der Waals surface area contributed by atoms with Gasteiger partial charge in [-0.25, -0.2) is 4.40 Å². The van der Waals surface area contributed by atoms with Gasteiger partial charge < -0.3 is 4.74 Å². The van der Waals surface area contributed by atoms with E-state index < -0.39 is 0 Å². The highest BCUT2D eigenvalue weighted by atomic mass is 32.1. The van der Waals surface area contributed by atoms with Crippen molar-refractivity contribution >= 4 is 33.0 Å². The molecule has 0 spiro atoms. The molecule has 0 aromatic carbocycles. The summed E-state index contributed by atoms with van der Waals surface area (Å²) in [7, 11) is 0. The van der Waals surface area contributed by atoms with Gasteiger partial charge in [-0.2, -0.15) is 0 Å². The molecular weight excluding hydrogens is 336 g/mol. The molecule has 0 unspecified atom stereocenters. The van der Waals surface area contributed by atoms with Crippen molar-refractivity contribution in [2.24, 2.45) is 0 Å². The molecule has 7 nitrogen and oxygen atoms in total. The summed E-state index contributed by atoms with van der Waals surface area (Å²) in [6.07, 6.45) is 2.51. The molecule has 5 heterocycles. The van der Waals surface area contributed by atoms with E-state index in [0.717, 1.165) is 47.2 Å². The van der Waals surface area contributed by atoms with Crippen LogP contribution in [0.2, 0.25) is 0 Å². The smallest absolute Gasteiger partial charge is 0.244 e. The third-order valence-corrected chi connectivity index (χ3v) is 6.16. The molecule has 0 bridgehead atoms. The van der Waals surface area contributed by atoms with E-state index in [2.05, 4.69) is 56.9 Å². The highest BCUT2D eigenvalue weighted by molar-refractivity contribution is 7.19. The van der Waals surface area contributed by atoms with Gasteiger partial charge in [0.15, 0.2) is 5.65 Å². The maximum Gasteiger partial charge on any atom is 0.244 e. The molecule has 0 atom stereocenters. The molecule has 5 rings (SSSR count). The fourth-order valence-corrected chi connectivity index (χ4v) is 4.98. The first kappa shape index (κ1) is 15.2. The number of thiophene rings is 1. The van der Waals surface area contributed by atoms with Crippen LogP contribution in [0.5, 0.6) is 0 Å². The molecule has 0 fully saturated rings. The van der Waals surface area contributed by atoms with Crippen LogP contribution in [0.4, 0.5) is 0 Å². The van der Waals surface area contributed by atoms with Crippen molar-refractivity contribution in [3.8, 4) is 0 Å². The molecule has 130 valence electrons. The summed E-state index contributed by atoms with van der Waals surface area (Å²) in [6, 6.07) is 0. The minimum Gasteiger partial charge on any atom is -0.370 e. The van der Waals surface area contributed by atoms with Crippen molar-refractivity contribution in [2.45, 2.75) is 59.2 Å². The van der Waals surface area contributed by atoms with Crippen LogP contribution in [0.15, 0.2) is 0 Å². The topological polar surface area (TPSA) is 69.6 Å². The van der Waals surface area contributed by atoms with E-state index in [4.69, 9.17) is 4.74 Å². The van der Waals surface area contributed by atoms with Crippen LogP contribution in [-0.4, -0.2) is 34.8 Å². The first-order chi connectivity index (χ1) is 12.0. The van der Waals surface area contributed by atoms with Crippen LogP contribution in [0.3, 0.4) is 0 Å². The first-order valence-electron chi connectivity index (χ1n) is 8.72. The Kier molecular flexibility index (Phi) is 3.03. The Morgan fingerprint density at radius 2 is 1.76 bits per heavy atom. The molecule has 4 aromatic heterocycles. The van der Waals surface area contributed by atoms with E-state index in [9.17, 15) is 0 Å². The van der Waals surface area contributed by atoms with Crippen LogP contribution < -0.4 is 0 Å². The minimum atomic E-state index is -0.165. The third kappa shape index (κ3) is 1.95. The van der Waals surface area contributed by atoms with Gasteiger partial charge >= 0.3 is 0 Å². The summed E-state index contributed by atoms with van der Waals surface area (Å²) in [6.45, 7) is 9.14. The number of hydrogen-bond donors (Lipinski definition) is 0. The number of aryl methyl sites for hydroxylation is 2. The van der Waals surface area contributed by atoms with E-state index >= 15 is 0 Å². The lowest BCUT2D eigenvalue weighted by Gasteiger charge is -2.30. The molecule has 1 aliphatic rings. The molecule has 4 aromatic rings. The highest BCUT2D eigenvalue weighted by Crippen LogP contribution is 2.41. The summed E-state index contributed by atoms with van der Waals surface area (Å²) in [5.74, 6) is 2.69. The zero-order valence-corrected chi connectivity index (χ0v) is 15.6. The molecule has 0 aliphatic carbocycles. The van der Waals surface area contributed by atoms with Gasteiger partial charge in [-0.15, -0.1) is 31.7 Å². The fourth-order valence-electron chi connectivity index (χ4n) is 3.73. The van der Waals surface area contributed by atoms with Crippen molar-refractivity contribution in [1.82, 2.24) is 29.2 Å². The quantitative estimate of drug-likeness (QED) is 0.552. The van der Waals surface area contributed by atoms with Crippen LogP contribution in [0.25, 0.3) is 21.6 Å². The largest absolute Gasteiger partial charge is 0.370 e. The van der Waals surface area contributed by atoms with E-state index in [1.54, 1.807) is 11.3 Å². The molecule has 8 heteroatoms. The van der Waals surface area contributed by atoms with Crippen molar-refractivity contribution in [3.63, 3.8) is 0 Å². The monoisotopic (exact) mass is 356 g/mol. The van der Waals surface area contributed by atoms with E-state index in [-0.39, 0.29) is 5.60 Å². The van der Waals surface area contributed by atoms with Gasteiger partial charge in [-0.1, -0.05) is 13.8 Å². The number of ether oxygens (including phenoxy) is 1. The Hall–Kier alpha value is -2.06. The second-order valence-corrected chi connectivity index (χ2v) is 8.23. The standard InChI is InChI=1S/C17H20N6OS/c1-5-11-18-20-14-13-9-7-17(3,4)24-8-10(9)25-15(13)23-12(6-2)19-21-16(23)22(11)14/h5-8H2,1-4H3. The zero-order valence-electron chi connectivity index (χ0n) is 14.8. The maximum absolute atomic E-state index is 6.04. The molecule has 0 N–H and O–H groups in total. The SMILES string of the molecule is CCc1nnc2c3c4c(sc3n3c(CC)nnc3n12)COC(C)(C)C4. The number of fused-ring (bicyclic) bond motifs is 8. The van der Waals surface area contributed by atoms with Gasteiger partial charge in [0.1, 0.15) is 16.5 Å². The summed E-state index contributed by atoms with van der Waals surface area (Å²) in [5.41, 5.74) is 2.07. The van der Waals surface area contributed by atoms with Crippen LogP contribution >= 0.6 is 11.3 Å². The summed E-state index contributed by atoms with van der Waals surface area (Å²) in [5, 5.41) is 19.0. The predicted molar refractivity (Wildman–Crippen MR) is 96.2 cm³/mol. The van der Waals surface area contributed by atoms with Crippen molar-refractivity contribution in [2.75, 3.05) is 0 Å². The number of rotatable bonds is 2. The van der Waals surface area contributed by atoms with Crippen molar-refractivity contribution < 1.29 is 4.74 Å². The number of hydrogen-bond acceptors (Lipinski definition) is 6. The molecule has 0 saturated carbocycles. The maximum atomic E-state index is 6.04. The first-order valence-corrected chi connectivity index (χ1v) is 9.54. The average molecular weight is 356 g/mol. The Labute approximate surface area is 148 Å². The molecule has 0 radical (unpaired) electrons. The second-order valence-electron chi connectivity index (χ2n) is 7.14. The van der Waals surface area contributed by atoms with E-state index in [1.807, 2.05) is 0 Å². The molecule has 0 amide bonds. The summed E-state index contributed by atoms with van der Waals surface area (Å²) < 4.78 is 10.3. The molecule has 0 saturated heterocycles. The third-order valence-electron chi connectivity index (χ3n) is 4.97. The normalized spacial score (nSPS) is 17.0. The van der Waals surface area contributed by atoms with Crippen LogP contribution in [-0.2, 0) is 30.6 Å². The van der Waals surface area contributed by atoms with Gasteiger partial charge in [-0.05, 0) is 19.4 Å². The number of aromatic nitrogens is 6. The Morgan fingerprint density at radius 1 is 1.04 bits per heavy atom. The molecular formula is C17H20N6OS. The minimum absolute atomic E-state index is 0.165. The lowest BCUT2D eigenvalue weighted by Crippen LogP contribution is -2.31. The van der Waals surface area contributed by atoms with Crippen molar-refractivity contribution in [3.05, 3.63) is 22.1 Å². The second kappa shape index (κ2) is 4.98. The van der Waals surface area contributed by atoms with Gasteiger partial charge in [0.2, 0.25) is 5.78 Å². The lowest BCUT2D eigenvalue weighted by atomic mass is 9.94. The molecule has 1 aliphatic heterocycles. The van der Waals surface area contributed by atoms with E-state index in [1.165, 1.54) is 15.8 Å². The Bertz CT molecular complexity index is 1140. The van der Waals surface area contributed by atoms with E-state index in [0.29, 0.717) is 6.61 Å². The van der Waals surface area contributed by atoms with Gasteiger partial charge in [0, 0.05) is 24.1 Å². The predicted octanol–water partition coefficient (Wildman–Crippen LogP) is 2.96. The Balaban J connectivity index is 2.02. The van der Waals surface area contributed by atoms with Crippen LogP contribution in [0.1, 0.15) is 49.8 Å². The average Bonchev–Trinajstić information content (AvgIpc) is 3.26. The fraction of sp³-hybridized carbons (Fsp3) is 0.529. The molecule has 25 heavy (non-hydrogen) atoms. The number of nitrogens with zero attached hydrogens (tertiary/aromatic N) is 6. The van der Waals surface area contributed by atoms with Gasteiger partial charge in [-0.3, -0.25) is 4.40 Å². The van der Waals surface area contributed by atoms with Crippen molar-refractivity contribution in [1.29, 1.82) is 0 Å². The van der Waals surface area contributed by atoms with Gasteiger partial charge in [0.25, 0.3) is 0 Å². The van der Waals surface area contributed by atoms with Gasteiger partial charge in [0.05, 0.1) is 17.6 Å². The Morgan fingerprint density at radius 3 is 2.52 bits per heavy atom. The lowest BCUT2D eigenvalue weighted by molar-refractivity contribution is -0.0379. The zero-order chi connectivity index (χ0) is 17.3. The highest BCUT2D eigenvalue weighted by Gasteiger charge is 2.32. The summed E-state index contributed by atoms with van der Waals surface area (Å²) >= 11 is 1.77.